The average Bonchev–Trinajstić information content (AvgIpc) is 3.11. The zero-order chi connectivity index (χ0) is 14.8. The molecule has 21 heavy (non-hydrogen) atoms. The highest BCUT2D eigenvalue weighted by molar-refractivity contribution is 9.10. The van der Waals surface area contributed by atoms with Gasteiger partial charge in [-0.1, -0.05) is 12.5 Å². The molecule has 4 unspecified atom stereocenters. The number of hydrogen-bond donors (Lipinski definition) is 1. The number of hydrogen-bond acceptors (Lipinski definition) is 3. The Morgan fingerprint density at radius 2 is 2.14 bits per heavy atom. The van der Waals surface area contributed by atoms with Crippen LogP contribution in [0, 0.1) is 17.8 Å². The molecule has 1 N–H and O–H groups in total. The van der Waals surface area contributed by atoms with Crippen molar-refractivity contribution in [3.8, 4) is 5.75 Å². The topological polar surface area (TPSA) is 38.7 Å². The fraction of sp³-hybridized carbons (Fsp3) is 0.647. The third-order valence-corrected chi connectivity index (χ3v) is 5.66. The van der Waals surface area contributed by atoms with E-state index in [0.717, 1.165) is 27.6 Å². The van der Waals surface area contributed by atoms with E-state index in [2.05, 4.69) is 15.9 Å². The molecule has 4 heteroatoms. The lowest BCUT2D eigenvalue weighted by molar-refractivity contribution is 0.0744. The number of aliphatic hydroxyl groups is 1. The molecule has 0 amide bonds. The van der Waals surface area contributed by atoms with Crippen LogP contribution in [0.2, 0.25) is 0 Å². The first-order valence-electron chi connectivity index (χ1n) is 7.78. The van der Waals surface area contributed by atoms with Gasteiger partial charge in [0.15, 0.2) is 0 Å². The molecule has 0 radical (unpaired) electrons. The second-order valence-corrected chi connectivity index (χ2v) is 7.17. The van der Waals surface area contributed by atoms with Gasteiger partial charge in [-0.3, -0.25) is 0 Å². The van der Waals surface area contributed by atoms with Gasteiger partial charge < -0.3 is 14.6 Å². The predicted molar refractivity (Wildman–Crippen MR) is 85.4 cm³/mol. The summed E-state index contributed by atoms with van der Waals surface area (Å²) in [6.45, 7) is 1.10. The lowest BCUT2D eigenvalue weighted by Crippen LogP contribution is -2.19. The molecular weight excluding hydrogens is 332 g/mol. The fourth-order valence-electron chi connectivity index (χ4n) is 3.98. The molecule has 0 aromatic heterocycles. The Morgan fingerprint density at radius 3 is 2.76 bits per heavy atom. The van der Waals surface area contributed by atoms with Crippen molar-refractivity contribution in [2.24, 2.45) is 17.8 Å². The Labute approximate surface area is 134 Å². The SMILES string of the molecule is COCCOc1ccc(C(O)C2CC3CCC2C3)cc1Br. The van der Waals surface area contributed by atoms with E-state index >= 15 is 0 Å². The largest absolute Gasteiger partial charge is 0.490 e. The quantitative estimate of drug-likeness (QED) is 0.786. The van der Waals surface area contributed by atoms with Crippen molar-refractivity contribution in [2.45, 2.75) is 31.8 Å². The molecule has 2 aliphatic carbocycles. The Kier molecular flexibility index (Phi) is 4.87. The summed E-state index contributed by atoms with van der Waals surface area (Å²) in [7, 11) is 1.66. The van der Waals surface area contributed by atoms with Gasteiger partial charge >= 0.3 is 0 Å². The van der Waals surface area contributed by atoms with Crippen molar-refractivity contribution in [1.29, 1.82) is 0 Å². The molecule has 0 heterocycles. The third kappa shape index (κ3) is 3.27. The maximum Gasteiger partial charge on any atom is 0.133 e. The number of aliphatic hydroxyl groups excluding tert-OH is 1. The first kappa shape index (κ1) is 15.3. The summed E-state index contributed by atoms with van der Waals surface area (Å²) in [4.78, 5) is 0. The van der Waals surface area contributed by atoms with Crippen LogP contribution in [0.1, 0.15) is 37.4 Å². The molecule has 116 valence electrons. The minimum atomic E-state index is -0.343. The van der Waals surface area contributed by atoms with Crippen LogP contribution in [0.25, 0.3) is 0 Å². The summed E-state index contributed by atoms with van der Waals surface area (Å²) in [5.41, 5.74) is 0.999. The summed E-state index contributed by atoms with van der Waals surface area (Å²) in [5.74, 6) is 2.82. The minimum absolute atomic E-state index is 0.343. The highest BCUT2D eigenvalue weighted by Gasteiger charge is 2.43. The number of fused-ring (bicyclic) bond motifs is 2. The van der Waals surface area contributed by atoms with Crippen LogP contribution in [0.3, 0.4) is 0 Å². The van der Waals surface area contributed by atoms with E-state index in [4.69, 9.17) is 9.47 Å². The van der Waals surface area contributed by atoms with Crippen molar-refractivity contribution >= 4 is 15.9 Å². The highest BCUT2D eigenvalue weighted by Crippen LogP contribution is 2.52. The molecule has 3 nitrogen and oxygen atoms in total. The molecule has 3 rings (SSSR count). The van der Waals surface area contributed by atoms with Gasteiger partial charge in [-0.05, 0) is 70.6 Å². The van der Waals surface area contributed by atoms with Gasteiger partial charge in [0.1, 0.15) is 12.4 Å². The van der Waals surface area contributed by atoms with Crippen molar-refractivity contribution in [3.05, 3.63) is 28.2 Å². The molecule has 4 atom stereocenters. The van der Waals surface area contributed by atoms with Gasteiger partial charge in [0.05, 0.1) is 17.2 Å². The highest BCUT2D eigenvalue weighted by atomic mass is 79.9. The van der Waals surface area contributed by atoms with Gasteiger partial charge in [-0.25, -0.2) is 0 Å². The average molecular weight is 355 g/mol. The molecule has 2 saturated carbocycles. The smallest absolute Gasteiger partial charge is 0.133 e. The Bertz CT molecular complexity index is 491. The van der Waals surface area contributed by atoms with E-state index < -0.39 is 0 Å². The molecule has 1 aromatic carbocycles. The first-order valence-corrected chi connectivity index (χ1v) is 8.57. The van der Waals surface area contributed by atoms with Crippen LogP contribution >= 0.6 is 15.9 Å². The summed E-state index contributed by atoms with van der Waals surface area (Å²) in [5, 5.41) is 10.7. The molecule has 2 aliphatic rings. The lowest BCUT2D eigenvalue weighted by atomic mass is 9.82. The third-order valence-electron chi connectivity index (χ3n) is 5.04. The molecular formula is C17H23BrO3. The fourth-order valence-corrected chi connectivity index (χ4v) is 4.49. The van der Waals surface area contributed by atoms with E-state index in [1.165, 1.54) is 25.7 Å². The lowest BCUT2D eigenvalue weighted by Gasteiger charge is -2.27. The number of rotatable bonds is 6. The number of ether oxygens (including phenoxy) is 2. The molecule has 2 bridgehead atoms. The first-order chi connectivity index (χ1) is 10.2. The monoisotopic (exact) mass is 354 g/mol. The zero-order valence-electron chi connectivity index (χ0n) is 12.4. The molecule has 1 aromatic rings. The summed E-state index contributed by atoms with van der Waals surface area (Å²) >= 11 is 3.54. The van der Waals surface area contributed by atoms with Crippen LogP contribution in [-0.2, 0) is 4.74 Å². The zero-order valence-corrected chi connectivity index (χ0v) is 14.0. The Hall–Kier alpha value is -0.580. The van der Waals surface area contributed by atoms with Crippen molar-refractivity contribution in [3.63, 3.8) is 0 Å². The minimum Gasteiger partial charge on any atom is -0.490 e. The van der Waals surface area contributed by atoms with Crippen molar-refractivity contribution < 1.29 is 14.6 Å². The molecule has 0 aliphatic heterocycles. The summed E-state index contributed by atoms with van der Waals surface area (Å²) in [6.07, 6.45) is 4.83. The van der Waals surface area contributed by atoms with Crippen LogP contribution in [-0.4, -0.2) is 25.4 Å². The van der Waals surface area contributed by atoms with E-state index in [1.807, 2.05) is 18.2 Å². The van der Waals surface area contributed by atoms with Gasteiger partial charge in [0.2, 0.25) is 0 Å². The van der Waals surface area contributed by atoms with Crippen LogP contribution in [0.4, 0.5) is 0 Å². The molecule has 0 saturated heterocycles. The van der Waals surface area contributed by atoms with E-state index in [-0.39, 0.29) is 6.10 Å². The summed E-state index contributed by atoms with van der Waals surface area (Å²) in [6, 6.07) is 5.92. The van der Waals surface area contributed by atoms with Crippen molar-refractivity contribution in [1.82, 2.24) is 0 Å². The second kappa shape index (κ2) is 6.67. The van der Waals surface area contributed by atoms with E-state index in [9.17, 15) is 5.11 Å². The second-order valence-electron chi connectivity index (χ2n) is 6.31. The standard InChI is InChI=1S/C17H23BrO3/c1-20-6-7-21-16-5-4-13(10-15(16)18)17(19)14-9-11-2-3-12(14)8-11/h4-5,10-12,14,17,19H,2-3,6-9H2,1H3. The Morgan fingerprint density at radius 1 is 1.29 bits per heavy atom. The number of methoxy groups -OCH3 is 1. The van der Waals surface area contributed by atoms with Gasteiger partial charge in [0, 0.05) is 7.11 Å². The normalized spacial score (nSPS) is 28.8. The van der Waals surface area contributed by atoms with Gasteiger partial charge in [-0.15, -0.1) is 0 Å². The summed E-state index contributed by atoms with van der Waals surface area (Å²) < 4.78 is 11.5. The number of benzene rings is 1. The maximum absolute atomic E-state index is 10.7. The van der Waals surface area contributed by atoms with Crippen LogP contribution in [0.5, 0.6) is 5.75 Å². The Balaban J connectivity index is 1.66. The van der Waals surface area contributed by atoms with Crippen LogP contribution < -0.4 is 4.74 Å². The molecule has 2 fully saturated rings. The predicted octanol–water partition coefficient (Wildman–Crippen LogP) is 3.94. The maximum atomic E-state index is 10.7. The van der Waals surface area contributed by atoms with E-state index in [1.54, 1.807) is 7.11 Å². The number of halogens is 1. The van der Waals surface area contributed by atoms with Crippen LogP contribution in [0.15, 0.2) is 22.7 Å². The van der Waals surface area contributed by atoms with E-state index in [0.29, 0.717) is 19.1 Å². The molecule has 0 spiro atoms. The van der Waals surface area contributed by atoms with Gasteiger partial charge in [-0.2, -0.15) is 0 Å². The van der Waals surface area contributed by atoms with Gasteiger partial charge in [0.25, 0.3) is 0 Å². The van der Waals surface area contributed by atoms with Crippen molar-refractivity contribution in [2.75, 3.05) is 20.3 Å².